The first kappa shape index (κ1) is 15.6. The fourth-order valence-electron chi connectivity index (χ4n) is 1.00. The van der Waals surface area contributed by atoms with Crippen LogP contribution in [-0.2, 0) is 24.2 Å². The molecule has 0 aliphatic heterocycles. The van der Waals surface area contributed by atoms with Gasteiger partial charge in [-0.05, 0) is 13.3 Å². The number of methoxy groups -OCH3 is 1. The van der Waals surface area contributed by atoms with Crippen LogP contribution in [0, 0.1) is 0 Å². The Bertz CT molecular complexity index is 412. The van der Waals surface area contributed by atoms with Gasteiger partial charge >= 0.3 is 5.97 Å². The zero-order valence-corrected chi connectivity index (χ0v) is 11.0. The average Bonchev–Trinajstić information content (AvgIpc) is 2.21. The monoisotopic (exact) mass is 263 g/mol. The molecule has 1 N–H and O–H groups in total. The first-order valence-corrected chi connectivity index (χ1v) is 6.95. The highest BCUT2D eigenvalue weighted by Crippen LogP contribution is 2.00. The van der Waals surface area contributed by atoms with Crippen molar-refractivity contribution in [1.29, 1.82) is 0 Å². The van der Waals surface area contributed by atoms with E-state index in [4.69, 9.17) is 0 Å². The Balaban J connectivity index is 4.61. The molecule has 0 rings (SSSR count). The lowest BCUT2D eigenvalue weighted by atomic mass is 10.2. The van der Waals surface area contributed by atoms with Gasteiger partial charge in [0.15, 0.2) is 0 Å². The van der Waals surface area contributed by atoms with Crippen LogP contribution in [-0.4, -0.2) is 45.5 Å². The summed E-state index contributed by atoms with van der Waals surface area (Å²) in [7, 11) is -2.03. The van der Waals surface area contributed by atoms with Gasteiger partial charge in [0.05, 0.1) is 12.9 Å². The van der Waals surface area contributed by atoms with Crippen LogP contribution in [0.4, 0.5) is 0 Å². The first-order chi connectivity index (χ1) is 7.67. The number of carbonyl (C=O) groups is 2. The molecule has 0 spiro atoms. The molecular formula is C10H17NO5S. The molecule has 17 heavy (non-hydrogen) atoms. The van der Waals surface area contributed by atoms with E-state index in [1.54, 1.807) is 0 Å². The van der Waals surface area contributed by atoms with Crippen LogP contribution >= 0.6 is 0 Å². The molecule has 0 heterocycles. The third-order valence-electron chi connectivity index (χ3n) is 1.96. The predicted octanol–water partition coefficient (Wildman–Crippen LogP) is -0.345. The van der Waals surface area contributed by atoms with Gasteiger partial charge in [-0.1, -0.05) is 6.58 Å². The highest BCUT2D eigenvalue weighted by molar-refractivity contribution is 7.90. The zero-order valence-electron chi connectivity index (χ0n) is 10.1. The van der Waals surface area contributed by atoms with Crippen molar-refractivity contribution in [1.82, 2.24) is 5.32 Å². The summed E-state index contributed by atoms with van der Waals surface area (Å²) >= 11 is 0. The lowest BCUT2D eigenvalue weighted by molar-refractivity contribution is -0.144. The minimum absolute atomic E-state index is 0.0233. The Kier molecular flexibility index (Phi) is 5.87. The maximum absolute atomic E-state index is 11.3. The molecule has 0 saturated carbocycles. The van der Waals surface area contributed by atoms with E-state index in [0.29, 0.717) is 0 Å². The minimum Gasteiger partial charge on any atom is -0.467 e. The van der Waals surface area contributed by atoms with Gasteiger partial charge < -0.3 is 10.1 Å². The van der Waals surface area contributed by atoms with Crippen molar-refractivity contribution >= 4 is 21.7 Å². The number of amides is 1. The van der Waals surface area contributed by atoms with E-state index in [1.165, 1.54) is 14.0 Å². The average molecular weight is 263 g/mol. The molecule has 0 aromatic rings. The molecule has 0 aromatic carbocycles. The summed E-state index contributed by atoms with van der Waals surface area (Å²) in [6, 6.07) is -0.973. The van der Waals surface area contributed by atoms with Gasteiger partial charge in [0, 0.05) is 11.8 Å². The Morgan fingerprint density at radius 1 is 1.41 bits per heavy atom. The van der Waals surface area contributed by atoms with Crippen molar-refractivity contribution < 1.29 is 22.7 Å². The topological polar surface area (TPSA) is 89.5 Å². The normalized spacial score (nSPS) is 12.6. The number of carbonyl (C=O) groups excluding carboxylic acids is 2. The molecule has 7 heteroatoms. The number of ether oxygens (including phenoxy) is 1. The second-order valence-electron chi connectivity index (χ2n) is 3.75. The number of rotatable bonds is 6. The van der Waals surface area contributed by atoms with E-state index in [0.717, 1.165) is 6.26 Å². The van der Waals surface area contributed by atoms with Gasteiger partial charge in [-0.2, -0.15) is 0 Å². The van der Waals surface area contributed by atoms with Crippen LogP contribution in [0.5, 0.6) is 0 Å². The molecule has 6 nitrogen and oxygen atoms in total. The molecule has 0 bridgehead atoms. The van der Waals surface area contributed by atoms with Crippen LogP contribution in [0.15, 0.2) is 12.2 Å². The van der Waals surface area contributed by atoms with Crippen LogP contribution in [0.3, 0.4) is 0 Å². The van der Waals surface area contributed by atoms with Crippen LogP contribution in [0.2, 0.25) is 0 Å². The van der Waals surface area contributed by atoms with E-state index in [9.17, 15) is 18.0 Å². The van der Waals surface area contributed by atoms with Gasteiger partial charge in [-0.3, -0.25) is 4.79 Å². The van der Waals surface area contributed by atoms with Gasteiger partial charge in [0.25, 0.3) is 0 Å². The summed E-state index contributed by atoms with van der Waals surface area (Å²) in [4.78, 5) is 22.7. The molecule has 0 unspecified atom stereocenters. The third kappa shape index (κ3) is 6.72. The molecule has 0 radical (unpaired) electrons. The molecule has 0 aliphatic carbocycles. The van der Waals surface area contributed by atoms with E-state index < -0.39 is 27.8 Å². The Morgan fingerprint density at radius 2 is 1.94 bits per heavy atom. The number of esters is 1. The molecular weight excluding hydrogens is 246 g/mol. The first-order valence-electron chi connectivity index (χ1n) is 4.89. The number of sulfone groups is 1. The molecule has 1 amide bonds. The van der Waals surface area contributed by atoms with Gasteiger partial charge in [0.2, 0.25) is 5.91 Å². The summed E-state index contributed by atoms with van der Waals surface area (Å²) < 4.78 is 26.4. The van der Waals surface area contributed by atoms with Crippen LogP contribution in [0.1, 0.15) is 13.3 Å². The lowest BCUT2D eigenvalue weighted by Crippen LogP contribution is -2.42. The second-order valence-corrected chi connectivity index (χ2v) is 6.01. The number of nitrogens with one attached hydrogen (secondary N) is 1. The van der Waals surface area contributed by atoms with Gasteiger partial charge in [0.1, 0.15) is 15.9 Å². The molecule has 0 fully saturated rings. The Hall–Kier alpha value is -1.37. The summed E-state index contributed by atoms with van der Waals surface area (Å²) in [6.45, 7) is 4.91. The Labute approximate surface area is 101 Å². The summed E-state index contributed by atoms with van der Waals surface area (Å²) in [6.07, 6.45) is 1.03. The van der Waals surface area contributed by atoms with Gasteiger partial charge in [-0.15, -0.1) is 0 Å². The summed E-state index contributed by atoms with van der Waals surface area (Å²) in [5.74, 6) is -1.39. The van der Waals surface area contributed by atoms with Crippen molar-refractivity contribution in [2.24, 2.45) is 0 Å². The van der Waals surface area contributed by atoms with Crippen LogP contribution < -0.4 is 5.32 Å². The number of hydrogen-bond donors (Lipinski definition) is 1. The molecule has 98 valence electrons. The van der Waals surface area contributed by atoms with Crippen molar-refractivity contribution in [2.45, 2.75) is 19.4 Å². The quantitative estimate of drug-likeness (QED) is 0.523. The highest BCUT2D eigenvalue weighted by Gasteiger charge is 2.23. The standard InChI is InChI=1S/C10H17NO5S/c1-7(2)9(12)11-8(10(13)16-3)5-6-17(4,14)15/h8H,1,5-6H2,2-4H3,(H,11,12)/t8-/m1/s1. The largest absolute Gasteiger partial charge is 0.467 e. The minimum atomic E-state index is -3.20. The van der Waals surface area contributed by atoms with Crippen molar-refractivity contribution in [3.05, 3.63) is 12.2 Å². The van der Waals surface area contributed by atoms with Crippen molar-refractivity contribution in [3.8, 4) is 0 Å². The van der Waals surface area contributed by atoms with E-state index in [-0.39, 0.29) is 17.7 Å². The van der Waals surface area contributed by atoms with Crippen molar-refractivity contribution in [2.75, 3.05) is 19.1 Å². The fraction of sp³-hybridized carbons (Fsp3) is 0.600. The van der Waals surface area contributed by atoms with Gasteiger partial charge in [-0.25, -0.2) is 13.2 Å². The van der Waals surface area contributed by atoms with Crippen LogP contribution in [0.25, 0.3) is 0 Å². The fourth-order valence-corrected chi connectivity index (χ4v) is 1.67. The predicted molar refractivity (Wildman–Crippen MR) is 63.1 cm³/mol. The molecule has 0 saturated heterocycles. The van der Waals surface area contributed by atoms with Crippen molar-refractivity contribution in [3.63, 3.8) is 0 Å². The highest BCUT2D eigenvalue weighted by atomic mass is 32.2. The van der Waals surface area contributed by atoms with E-state index >= 15 is 0 Å². The van der Waals surface area contributed by atoms with E-state index in [2.05, 4.69) is 16.6 Å². The Morgan fingerprint density at radius 3 is 2.29 bits per heavy atom. The second kappa shape index (κ2) is 6.39. The lowest BCUT2D eigenvalue weighted by Gasteiger charge is -2.15. The summed E-state index contributed by atoms with van der Waals surface area (Å²) in [5, 5.41) is 2.36. The smallest absolute Gasteiger partial charge is 0.328 e. The molecule has 1 atom stereocenters. The molecule has 0 aromatic heterocycles. The zero-order chi connectivity index (χ0) is 13.6. The maximum Gasteiger partial charge on any atom is 0.328 e. The van der Waals surface area contributed by atoms with E-state index in [1.807, 2.05) is 0 Å². The number of hydrogen-bond acceptors (Lipinski definition) is 5. The third-order valence-corrected chi connectivity index (χ3v) is 2.93. The summed E-state index contributed by atoms with van der Waals surface area (Å²) in [5.41, 5.74) is 0.234. The maximum atomic E-state index is 11.3. The SMILES string of the molecule is C=C(C)C(=O)N[C@H](CCS(C)(=O)=O)C(=O)OC. The molecule has 0 aliphatic rings.